The Morgan fingerprint density at radius 1 is 1.06 bits per heavy atom. The largest absolute Gasteiger partial charge is 0.356 e. The summed E-state index contributed by atoms with van der Waals surface area (Å²) in [5, 5.41) is 1.59. The highest BCUT2D eigenvalue weighted by Gasteiger charge is 2.53. The van der Waals surface area contributed by atoms with Crippen LogP contribution in [0.25, 0.3) is 0 Å². The summed E-state index contributed by atoms with van der Waals surface area (Å²) < 4.78 is 0. The van der Waals surface area contributed by atoms with Crippen LogP contribution in [0.3, 0.4) is 0 Å². The Morgan fingerprint density at radius 3 is 2.63 bits per heavy atom. The minimum atomic E-state index is -0.138. The maximum atomic E-state index is 13.4. The fourth-order valence-electron chi connectivity index (χ4n) is 5.72. The number of aromatic nitrogens is 3. The van der Waals surface area contributed by atoms with Crippen LogP contribution in [-0.4, -0.2) is 58.1 Å². The van der Waals surface area contributed by atoms with Crippen LogP contribution in [0.2, 0.25) is 0 Å². The first-order valence-corrected chi connectivity index (χ1v) is 12.8. The standard InChI is InChI=1S/C26H32N6O3/c1-18-3-4-20(17-28-18)21-8-16-35-32(21)23(33)19-6-14-30(15-7-19)22-5-12-27-25(29-22)31-13-2-9-26(10-11-26)24(31)34/h3-5,12,17,19,21H,2,6-11,13-16H2,1H3/t21-/m0/s1. The molecule has 9 heteroatoms. The number of carbonyl (C=O) groups excluding carboxylic acids is 2. The van der Waals surface area contributed by atoms with Gasteiger partial charge < -0.3 is 4.90 Å². The van der Waals surface area contributed by atoms with Crippen molar-refractivity contribution in [1.29, 1.82) is 0 Å². The van der Waals surface area contributed by atoms with Gasteiger partial charge in [0, 0.05) is 55.5 Å². The summed E-state index contributed by atoms with van der Waals surface area (Å²) in [5.41, 5.74) is 1.84. The normalized spacial score (nSPS) is 24.3. The summed E-state index contributed by atoms with van der Waals surface area (Å²) in [4.78, 5) is 49.6. The fourth-order valence-corrected chi connectivity index (χ4v) is 5.72. The van der Waals surface area contributed by atoms with Crippen LogP contribution in [0.4, 0.5) is 11.8 Å². The van der Waals surface area contributed by atoms with Gasteiger partial charge in [0.1, 0.15) is 5.82 Å². The van der Waals surface area contributed by atoms with Gasteiger partial charge in [-0.15, -0.1) is 0 Å². The summed E-state index contributed by atoms with van der Waals surface area (Å²) in [6, 6.07) is 5.84. The van der Waals surface area contributed by atoms with E-state index < -0.39 is 0 Å². The maximum absolute atomic E-state index is 13.4. The third kappa shape index (κ3) is 4.16. The van der Waals surface area contributed by atoms with Gasteiger partial charge >= 0.3 is 0 Å². The second-order valence-corrected chi connectivity index (χ2v) is 10.4. The van der Waals surface area contributed by atoms with Gasteiger partial charge in [0.2, 0.25) is 17.8 Å². The molecule has 2 aromatic rings. The lowest BCUT2D eigenvalue weighted by molar-refractivity contribution is -0.182. The van der Waals surface area contributed by atoms with E-state index in [9.17, 15) is 9.59 Å². The van der Waals surface area contributed by atoms with Crippen molar-refractivity contribution in [3.05, 3.63) is 41.9 Å². The number of amides is 2. The first-order valence-electron chi connectivity index (χ1n) is 12.8. The molecule has 184 valence electrons. The van der Waals surface area contributed by atoms with Crippen molar-refractivity contribution in [2.75, 3.05) is 36.0 Å². The first kappa shape index (κ1) is 22.4. The molecule has 4 aliphatic rings. The number of piperidine rings is 2. The molecule has 1 aliphatic carbocycles. The number of anilines is 2. The van der Waals surface area contributed by atoms with Gasteiger partial charge in [-0.3, -0.25) is 24.3 Å². The second kappa shape index (κ2) is 8.86. The Kier molecular flexibility index (Phi) is 5.67. The third-order valence-electron chi connectivity index (χ3n) is 8.07. The molecule has 1 spiro atoms. The number of rotatable bonds is 4. The van der Waals surface area contributed by atoms with Crippen molar-refractivity contribution in [2.45, 2.75) is 57.9 Å². The lowest BCUT2D eigenvalue weighted by Crippen LogP contribution is -2.44. The predicted octanol–water partition coefficient (Wildman–Crippen LogP) is 3.21. The highest BCUT2D eigenvalue weighted by atomic mass is 16.7. The molecule has 3 saturated heterocycles. The Balaban J connectivity index is 1.10. The molecule has 1 atom stereocenters. The minimum absolute atomic E-state index is 0.0600. The van der Waals surface area contributed by atoms with Crippen molar-refractivity contribution in [2.24, 2.45) is 11.3 Å². The molecule has 0 aromatic carbocycles. The summed E-state index contributed by atoms with van der Waals surface area (Å²) in [5.74, 6) is 1.51. The van der Waals surface area contributed by atoms with Gasteiger partial charge in [0.15, 0.2) is 0 Å². The summed E-state index contributed by atoms with van der Waals surface area (Å²) in [6.45, 7) is 4.66. The minimum Gasteiger partial charge on any atom is -0.356 e. The van der Waals surface area contributed by atoms with Gasteiger partial charge in [-0.05, 0) is 63.1 Å². The first-order chi connectivity index (χ1) is 17.0. The van der Waals surface area contributed by atoms with E-state index in [0.29, 0.717) is 19.1 Å². The van der Waals surface area contributed by atoms with E-state index in [-0.39, 0.29) is 29.2 Å². The van der Waals surface area contributed by atoms with Crippen LogP contribution in [0.1, 0.15) is 62.2 Å². The molecule has 0 unspecified atom stereocenters. The quantitative estimate of drug-likeness (QED) is 0.669. The average Bonchev–Trinajstić information content (AvgIpc) is 3.50. The molecule has 35 heavy (non-hydrogen) atoms. The molecule has 4 fully saturated rings. The van der Waals surface area contributed by atoms with Gasteiger partial charge in [0.05, 0.1) is 12.6 Å². The molecule has 0 N–H and O–H groups in total. The van der Waals surface area contributed by atoms with E-state index in [1.807, 2.05) is 31.3 Å². The number of hydrogen-bond acceptors (Lipinski definition) is 7. The molecule has 2 aromatic heterocycles. The Bertz CT molecular complexity index is 1110. The van der Waals surface area contributed by atoms with Crippen molar-refractivity contribution >= 4 is 23.6 Å². The van der Waals surface area contributed by atoms with Gasteiger partial charge in [0.25, 0.3) is 0 Å². The van der Waals surface area contributed by atoms with Crippen LogP contribution in [-0.2, 0) is 14.4 Å². The van der Waals surface area contributed by atoms with Gasteiger partial charge in [-0.1, -0.05) is 6.07 Å². The van der Waals surface area contributed by atoms with Gasteiger partial charge in [-0.2, -0.15) is 4.98 Å². The molecule has 1 saturated carbocycles. The van der Waals surface area contributed by atoms with E-state index in [2.05, 4.69) is 14.9 Å². The van der Waals surface area contributed by atoms with E-state index in [4.69, 9.17) is 9.82 Å². The number of hydrogen-bond donors (Lipinski definition) is 0. The number of carbonyl (C=O) groups is 2. The molecule has 5 heterocycles. The zero-order chi connectivity index (χ0) is 24.0. The monoisotopic (exact) mass is 476 g/mol. The fraction of sp³-hybridized carbons (Fsp3) is 0.577. The topological polar surface area (TPSA) is 91.8 Å². The lowest BCUT2D eigenvalue weighted by atomic mass is 9.94. The van der Waals surface area contributed by atoms with Crippen LogP contribution in [0, 0.1) is 18.3 Å². The van der Waals surface area contributed by atoms with Crippen molar-refractivity contribution < 1.29 is 14.4 Å². The van der Waals surface area contributed by atoms with E-state index in [1.165, 1.54) is 0 Å². The molecular formula is C26H32N6O3. The number of hydroxylamine groups is 2. The zero-order valence-electron chi connectivity index (χ0n) is 20.2. The highest BCUT2D eigenvalue weighted by Crippen LogP contribution is 2.53. The van der Waals surface area contributed by atoms with Crippen molar-refractivity contribution in [3.8, 4) is 0 Å². The SMILES string of the molecule is Cc1ccc([C@@H]2CCON2C(=O)C2CCN(c3ccnc(N4CCCC5(CC5)C4=O)n3)CC2)cn1. The van der Waals surface area contributed by atoms with Crippen molar-refractivity contribution in [3.63, 3.8) is 0 Å². The predicted molar refractivity (Wildman–Crippen MR) is 129 cm³/mol. The van der Waals surface area contributed by atoms with E-state index in [1.54, 1.807) is 16.2 Å². The Hall–Kier alpha value is -3.07. The third-order valence-corrected chi connectivity index (χ3v) is 8.07. The van der Waals surface area contributed by atoms with Crippen LogP contribution >= 0.6 is 0 Å². The molecule has 0 radical (unpaired) electrons. The molecule has 2 amide bonds. The maximum Gasteiger partial charge on any atom is 0.249 e. The van der Waals surface area contributed by atoms with Gasteiger partial charge in [-0.25, -0.2) is 10.0 Å². The van der Waals surface area contributed by atoms with E-state index >= 15 is 0 Å². The average molecular weight is 477 g/mol. The lowest BCUT2D eigenvalue weighted by Gasteiger charge is -2.35. The molecular weight excluding hydrogens is 444 g/mol. The summed E-state index contributed by atoms with van der Waals surface area (Å²) in [6.07, 6.45) is 9.84. The summed E-state index contributed by atoms with van der Waals surface area (Å²) >= 11 is 0. The Morgan fingerprint density at radius 2 is 1.89 bits per heavy atom. The van der Waals surface area contributed by atoms with Crippen LogP contribution in [0.15, 0.2) is 30.6 Å². The smallest absolute Gasteiger partial charge is 0.249 e. The van der Waals surface area contributed by atoms with Crippen LogP contribution < -0.4 is 9.80 Å². The number of nitrogens with zero attached hydrogens (tertiary/aromatic N) is 6. The Labute approximate surface area is 205 Å². The molecule has 9 nitrogen and oxygen atoms in total. The highest BCUT2D eigenvalue weighted by molar-refractivity contribution is 5.98. The number of pyridine rings is 1. The number of aryl methyl sites for hydroxylation is 1. The molecule has 6 rings (SSSR count). The molecule has 0 bridgehead atoms. The summed E-state index contributed by atoms with van der Waals surface area (Å²) in [7, 11) is 0. The molecule has 3 aliphatic heterocycles. The second-order valence-electron chi connectivity index (χ2n) is 10.4. The zero-order valence-corrected chi connectivity index (χ0v) is 20.2. The van der Waals surface area contributed by atoms with E-state index in [0.717, 1.165) is 75.1 Å². The van der Waals surface area contributed by atoms with Crippen molar-refractivity contribution in [1.82, 2.24) is 20.0 Å². The van der Waals surface area contributed by atoms with Crippen LogP contribution in [0.5, 0.6) is 0 Å².